The number of likely N-dealkylation sites (N-methyl/N-ethyl adjacent to an activating group) is 1. The van der Waals surface area contributed by atoms with Crippen LogP contribution in [0.1, 0.15) is 5.56 Å². The molecule has 0 aliphatic heterocycles. The van der Waals surface area contributed by atoms with Gasteiger partial charge in [-0.3, -0.25) is 9.69 Å². The Morgan fingerprint density at radius 2 is 1.89 bits per heavy atom. The van der Waals surface area contributed by atoms with Crippen molar-refractivity contribution < 1.29 is 9.18 Å². The first kappa shape index (κ1) is 19.8. The first-order valence-electron chi connectivity index (χ1n) is 8.61. The normalized spacial score (nSPS) is 11.3. The summed E-state index contributed by atoms with van der Waals surface area (Å²) in [6.45, 7) is 1.29. The standard InChI is InChI=1S/C20H22FN3OS2/c1-23(2)11-12-24(18(25)13-14-7-9-15(21)10-8-14)20-22-19-16(26-3)5-4-6-17(19)27-20/h4-10H,11-13H2,1-3H3. The molecule has 0 bridgehead atoms. The highest BCUT2D eigenvalue weighted by molar-refractivity contribution is 7.98. The number of thioether (sulfide) groups is 1. The van der Waals surface area contributed by atoms with Crippen molar-refractivity contribution in [2.24, 2.45) is 0 Å². The van der Waals surface area contributed by atoms with Crippen LogP contribution in [0.15, 0.2) is 47.4 Å². The zero-order valence-corrected chi connectivity index (χ0v) is 17.2. The van der Waals surface area contributed by atoms with Crippen molar-refractivity contribution in [2.45, 2.75) is 11.3 Å². The number of amides is 1. The number of carbonyl (C=O) groups is 1. The number of fused-ring (bicyclic) bond motifs is 1. The fraction of sp³-hybridized carbons (Fsp3) is 0.300. The minimum atomic E-state index is -0.300. The maximum absolute atomic E-state index is 13.1. The molecule has 7 heteroatoms. The van der Waals surface area contributed by atoms with E-state index in [-0.39, 0.29) is 18.1 Å². The maximum atomic E-state index is 13.1. The molecular weight excluding hydrogens is 381 g/mol. The van der Waals surface area contributed by atoms with Crippen molar-refractivity contribution in [3.63, 3.8) is 0 Å². The van der Waals surface area contributed by atoms with Gasteiger partial charge in [-0.05, 0) is 50.2 Å². The van der Waals surface area contributed by atoms with E-state index in [1.165, 1.54) is 23.5 Å². The van der Waals surface area contributed by atoms with Crippen LogP contribution in [-0.4, -0.2) is 49.2 Å². The topological polar surface area (TPSA) is 36.4 Å². The molecule has 0 fully saturated rings. The number of rotatable bonds is 7. The summed E-state index contributed by atoms with van der Waals surface area (Å²) in [5.41, 5.74) is 1.73. The number of halogens is 1. The molecule has 1 amide bonds. The molecule has 1 heterocycles. The molecule has 0 radical (unpaired) electrons. The Balaban J connectivity index is 1.90. The van der Waals surface area contributed by atoms with Crippen LogP contribution in [0.3, 0.4) is 0 Å². The van der Waals surface area contributed by atoms with E-state index in [1.54, 1.807) is 28.8 Å². The number of benzene rings is 2. The predicted molar refractivity (Wildman–Crippen MR) is 112 cm³/mol. The van der Waals surface area contributed by atoms with Gasteiger partial charge >= 0.3 is 0 Å². The molecule has 2 aromatic carbocycles. The van der Waals surface area contributed by atoms with Crippen molar-refractivity contribution in [1.29, 1.82) is 0 Å². The summed E-state index contributed by atoms with van der Waals surface area (Å²) >= 11 is 3.18. The molecule has 0 aliphatic rings. The third-order valence-corrected chi connectivity index (χ3v) is 5.97. The van der Waals surface area contributed by atoms with E-state index in [1.807, 2.05) is 43.5 Å². The molecule has 4 nitrogen and oxygen atoms in total. The van der Waals surface area contributed by atoms with Crippen LogP contribution in [0.2, 0.25) is 0 Å². The minimum absolute atomic E-state index is 0.0341. The number of nitrogens with zero attached hydrogens (tertiary/aromatic N) is 3. The average molecular weight is 404 g/mol. The van der Waals surface area contributed by atoms with Crippen molar-refractivity contribution in [3.05, 3.63) is 53.8 Å². The van der Waals surface area contributed by atoms with Gasteiger partial charge in [0.05, 0.1) is 16.6 Å². The second-order valence-electron chi connectivity index (χ2n) is 6.46. The highest BCUT2D eigenvalue weighted by atomic mass is 32.2. The molecular formula is C20H22FN3OS2. The number of hydrogen-bond acceptors (Lipinski definition) is 5. The average Bonchev–Trinajstić information content (AvgIpc) is 3.07. The van der Waals surface area contributed by atoms with Gasteiger partial charge in [-0.2, -0.15) is 0 Å². The predicted octanol–water partition coefficient (Wildman–Crippen LogP) is 4.29. The Morgan fingerprint density at radius 3 is 2.56 bits per heavy atom. The van der Waals surface area contributed by atoms with Gasteiger partial charge in [-0.1, -0.05) is 29.5 Å². The SMILES string of the molecule is CSc1cccc2sc(N(CCN(C)C)C(=O)Cc3ccc(F)cc3)nc12. The number of para-hydroxylation sites is 1. The van der Waals surface area contributed by atoms with Gasteiger partial charge in [0.25, 0.3) is 0 Å². The molecule has 1 aromatic heterocycles. The quantitative estimate of drug-likeness (QED) is 0.551. The van der Waals surface area contributed by atoms with Gasteiger partial charge in [0.2, 0.25) is 5.91 Å². The first-order valence-corrected chi connectivity index (χ1v) is 10.6. The Hall–Kier alpha value is -1.96. The molecule has 0 saturated heterocycles. The minimum Gasteiger partial charge on any atom is -0.308 e. The first-order chi connectivity index (χ1) is 13.0. The number of hydrogen-bond donors (Lipinski definition) is 0. The van der Waals surface area contributed by atoms with Gasteiger partial charge in [-0.25, -0.2) is 9.37 Å². The van der Waals surface area contributed by atoms with Gasteiger partial charge in [0.1, 0.15) is 5.82 Å². The lowest BCUT2D eigenvalue weighted by molar-refractivity contribution is -0.118. The van der Waals surface area contributed by atoms with Gasteiger partial charge < -0.3 is 4.90 Å². The van der Waals surface area contributed by atoms with Crippen LogP contribution in [0, 0.1) is 5.82 Å². The molecule has 142 valence electrons. The second-order valence-corrected chi connectivity index (χ2v) is 8.31. The van der Waals surface area contributed by atoms with E-state index in [0.29, 0.717) is 11.7 Å². The molecule has 27 heavy (non-hydrogen) atoms. The van der Waals surface area contributed by atoms with E-state index in [4.69, 9.17) is 4.98 Å². The zero-order valence-electron chi connectivity index (χ0n) is 15.6. The summed E-state index contributed by atoms with van der Waals surface area (Å²) in [6, 6.07) is 12.2. The Kier molecular flexibility index (Phi) is 6.46. The summed E-state index contributed by atoms with van der Waals surface area (Å²) in [5.74, 6) is -0.334. The number of thiazole rings is 1. The molecule has 3 rings (SSSR count). The Bertz CT molecular complexity index is 925. The van der Waals surface area contributed by atoms with E-state index < -0.39 is 0 Å². The summed E-state index contributed by atoms with van der Waals surface area (Å²) in [5, 5.41) is 0.709. The fourth-order valence-electron chi connectivity index (χ4n) is 2.69. The Labute approximate surface area is 167 Å². The second kappa shape index (κ2) is 8.82. The molecule has 3 aromatic rings. The molecule has 0 atom stereocenters. The van der Waals surface area contributed by atoms with Crippen LogP contribution in [0.5, 0.6) is 0 Å². The lowest BCUT2D eigenvalue weighted by atomic mass is 10.1. The largest absolute Gasteiger partial charge is 0.308 e. The summed E-state index contributed by atoms with van der Waals surface area (Å²) in [6.07, 6.45) is 2.25. The third-order valence-electron chi connectivity index (χ3n) is 4.16. The highest BCUT2D eigenvalue weighted by Gasteiger charge is 2.21. The monoisotopic (exact) mass is 403 g/mol. The van der Waals surface area contributed by atoms with E-state index in [9.17, 15) is 9.18 Å². The third kappa shape index (κ3) is 4.86. The van der Waals surface area contributed by atoms with Crippen LogP contribution in [-0.2, 0) is 11.2 Å². The smallest absolute Gasteiger partial charge is 0.233 e. The number of anilines is 1. The summed E-state index contributed by atoms with van der Waals surface area (Å²) in [4.78, 5) is 22.7. The van der Waals surface area contributed by atoms with Crippen molar-refractivity contribution >= 4 is 44.4 Å². The molecule has 0 saturated carbocycles. The van der Waals surface area contributed by atoms with Crippen LogP contribution >= 0.6 is 23.1 Å². The van der Waals surface area contributed by atoms with Crippen molar-refractivity contribution in [2.75, 3.05) is 38.3 Å². The van der Waals surface area contributed by atoms with Crippen molar-refractivity contribution in [3.8, 4) is 0 Å². The summed E-state index contributed by atoms with van der Waals surface area (Å²) < 4.78 is 14.2. The van der Waals surface area contributed by atoms with E-state index in [2.05, 4.69) is 0 Å². The zero-order chi connectivity index (χ0) is 19.4. The van der Waals surface area contributed by atoms with E-state index >= 15 is 0 Å². The molecule has 0 N–H and O–H groups in total. The van der Waals surface area contributed by atoms with Crippen LogP contribution < -0.4 is 4.90 Å². The lowest BCUT2D eigenvalue weighted by Crippen LogP contribution is -2.37. The van der Waals surface area contributed by atoms with Gasteiger partial charge in [0, 0.05) is 18.0 Å². The van der Waals surface area contributed by atoms with E-state index in [0.717, 1.165) is 27.2 Å². The summed E-state index contributed by atoms with van der Waals surface area (Å²) in [7, 11) is 3.96. The molecule has 0 aliphatic carbocycles. The molecule has 0 unspecified atom stereocenters. The number of carbonyl (C=O) groups excluding carboxylic acids is 1. The molecule has 0 spiro atoms. The Morgan fingerprint density at radius 1 is 1.15 bits per heavy atom. The lowest BCUT2D eigenvalue weighted by Gasteiger charge is -2.22. The van der Waals surface area contributed by atoms with Crippen LogP contribution in [0.4, 0.5) is 9.52 Å². The number of aromatic nitrogens is 1. The maximum Gasteiger partial charge on any atom is 0.233 e. The highest BCUT2D eigenvalue weighted by Crippen LogP contribution is 2.34. The van der Waals surface area contributed by atoms with Crippen molar-refractivity contribution in [1.82, 2.24) is 9.88 Å². The van der Waals surface area contributed by atoms with Gasteiger partial charge in [-0.15, -0.1) is 11.8 Å². The van der Waals surface area contributed by atoms with Crippen LogP contribution in [0.25, 0.3) is 10.2 Å². The van der Waals surface area contributed by atoms with Gasteiger partial charge in [0.15, 0.2) is 5.13 Å². The fourth-order valence-corrected chi connectivity index (χ4v) is 4.36.